The van der Waals surface area contributed by atoms with Gasteiger partial charge in [0.15, 0.2) is 5.11 Å². The van der Waals surface area contributed by atoms with E-state index in [0.29, 0.717) is 0 Å². The van der Waals surface area contributed by atoms with Gasteiger partial charge >= 0.3 is 6.18 Å². The summed E-state index contributed by atoms with van der Waals surface area (Å²) in [6.07, 6.45) is -4.43. The summed E-state index contributed by atoms with van der Waals surface area (Å²) >= 11 is 5.10. The molecule has 0 aliphatic heterocycles. The number of thiocarbonyl (C=S) groups is 1. The molecule has 2 nitrogen and oxygen atoms in total. The van der Waals surface area contributed by atoms with Crippen molar-refractivity contribution in [2.75, 3.05) is 10.6 Å². The van der Waals surface area contributed by atoms with Crippen LogP contribution in [-0.2, 0) is 6.18 Å². The van der Waals surface area contributed by atoms with Gasteiger partial charge in [-0.3, -0.25) is 0 Å². The van der Waals surface area contributed by atoms with Gasteiger partial charge < -0.3 is 10.6 Å². The fraction of sp³-hybridized carbons (Fsp3) is 0.188. The first-order valence-electron chi connectivity index (χ1n) is 6.58. The summed E-state index contributed by atoms with van der Waals surface area (Å²) in [5.41, 5.74) is 2.00. The summed E-state index contributed by atoms with van der Waals surface area (Å²) in [4.78, 5) is 0. The molecule has 0 aliphatic carbocycles. The van der Waals surface area contributed by atoms with E-state index in [4.69, 9.17) is 12.2 Å². The molecule has 0 heterocycles. The summed E-state index contributed by atoms with van der Waals surface area (Å²) in [6.45, 7) is 3.88. The Bertz CT molecular complexity index is 676. The predicted molar refractivity (Wildman–Crippen MR) is 87.2 cm³/mol. The van der Waals surface area contributed by atoms with Crippen LogP contribution in [0.4, 0.5) is 24.5 Å². The Morgan fingerprint density at radius 2 is 1.55 bits per heavy atom. The third kappa shape index (κ3) is 4.21. The minimum absolute atomic E-state index is 0.0723. The zero-order valence-corrected chi connectivity index (χ0v) is 12.9. The number of halogens is 3. The second-order valence-electron chi connectivity index (χ2n) is 5.00. The molecule has 6 heteroatoms. The van der Waals surface area contributed by atoms with Gasteiger partial charge in [0.25, 0.3) is 0 Å². The highest BCUT2D eigenvalue weighted by Gasteiger charge is 2.33. The molecule has 2 rings (SSSR count). The molecule has 2 N–H and O–H groups in total. The molecule has 2 aromatic carbocycles. The van der Waals surface area contributed by atoms with E-state index in [2.05, 4.69) is 10.6 Å². The molecule has 0 atom stereocenters. The highest BCUT2D eigenvalue weighted by Crippen LogP contribution is 2.34. The molecule has 116 valence electrons. The van der Waals surface area contributed by atoms with Crippen LogP contribution < -0.4 is 10.6 Å². The summed E-state index contributed by atoms with van der Waals surface area (Å²) in [6, 6.07) is 11.0. The first-order valence-corrected chi connectivity index (χ1v) is 6.99. The van der Waals surface area contributed by atoms with Crippen LogP contribution >= 0.6 is 12.2 Å². The topological polar surface area (TPSA) is 24.1 Å². The normalized spacial score (nSPS) is 11.1. The van der Waals surface area contributed by atoms with Crippen LogP contribution in [0.5, 0.6) is 0 Å². The van der Waals surface area contributed by atoms with Crippen LogP contribution in [0, 0.1) is 13.8 Å². The molecule has 0 bridgehead atoms. The molecule has 0 aliphatic rings. The molecule has 0 amide bonds. The minimum atomic E-state index is -4.43. The van der Waals surface area contributed by atoms with Gasteiger partial charge in [0.1, 0.15) is 0 Å². The van der Waals surface area contributed by atoms with Crippen molar-refractivity contribution < 1.29 is 13.2 Å². The first kappa shape index (κ1) is 16.3. The number of para-hydroxylation sites is 1. The zero-order valence-electron chi connectivity index (χ0n) is 12.1. The van der Waals surface area contributed by atoms with Crippen molar-refractivity contribution in [3.63, 3.8) is 0 Å². The van der Waals surface area contributed by atoms with Gasteiger partial charge in [-0.25, -0.2) is 0 Å². The number of nitrogens with one attached hydrogen (secondary N) is 2. The lowest BCUT2D eigenvalue weighted by atomic mass is 10.1. The van der Waals surface area contributed by atoms with Crippen LogP contribution in [0.3, 0.4) is 0 Å². The average molecular weight is 324 g/mol. The highest BCUT2D eigenvalue weighted by molar-refractivity contribution is 7.80. The molecular weight excluding hydrogens is 309 g/mol. The van der Waals surface area contributed by atoms with Gasteiger partial charge in [0.2, 0.25) is 0 Å². The molecule has 2 aromatic rings. The largest absolute Gasteiger partial charge is 0.418 e. The minimum Gasteiger partial charge on any atom is -0.332 e. The quantitative estimate of drug-likeness (QED) is 0.749. The molecule has 0 radical (unpaired) electrons. The van der Waals surface area contributed by atoms with Gasteiger partial charge in [-0.05, 0) is 61.5 Å². The van der Waals surface area contributed by atoms with Crippen molar-refractivity contribution >= 4 is 28.7 Å². The highest BCUT2D eigenvalue weighted by atomic mass is 32.1. The van der Waals surface area contributed by atoms with E-state index in [1.165, 1.54) is 18.2 Å². The lowest BCUT2D eigenvalue weighted by Gasteiger charge is -2.16. The Morgan fingerprint density at radius 3 is 2.14 bits per heavy atom. The van der Waals surface area contributed by atoms with E-state index in [1.807, 2.05) is 32.0 Å². The van der Waals surface area contributed by atoms with E-state index < -0.39 is 11.7 Å². The molecule has 0 aromatic heterocycles. The van der Waals surface area contributed by atoms with Crippen molar-refractivity contribution in [1.82, 2.24) is 0 Å². The van der Waals surface area contributed by atoms with Crippen molar-refractivity contribution in [3.8, 4) is 0 Å². The van der Waals surface area contributed by atoms with Gasteiger partial charge in [-0.15, -0.1) is 0 Å². The van der Waals surface area contributed by atoms with Gasteiger partial charge in [-0.1, -0.05) is 18.2 Å². The van der Waals surface area contributed by atoms with Crippen LogP contribution in [0.1, 0.15) is 16.7 Å². The third-order valence-corrected chi connectivity index (χ3v) is 3.16. The maximum Gasteiger partial charge on any atom is 0.418 e. The maximum atomic E-state index is 12.9. The Labute approximate surface area is 132 Å². The van der Waals surface area contributed by atoms with Crippen molar-refractivity contribution in [1.29, 1.82) is 0 Å². The monoisotopic (exact) mass is 324 g/mol. The molecule has 0 fully saturated rings. The van der Waals surface area contributed by atoms with E-state index in [9.17, 15) is 13.2 Å². The van der Waals surface area contributed by atoms with Crippen molar-refractivity contribution in [3.05, 3.63) is 59.2 Å². The molecular formula is C16H15F3N2S. The van der Waals surface area contributed by atoms with Gasteiger partial charge in [-0.2, -0.15) is 13.2 Å². The zero-order chi connectivity index (χ0) is 16.3. The number of hydrogen-bond acceptors (Lipinski definition) is 1. The predicted octanol–water partition coefficient (Wildman–Crippen LogP) is 5.13. The molecule has 0 unspecified atom stereocenters. The summed E-state index contributed by atoms with van der Waals surface area (Å²) in [5, 5.41) is 5.62. The van der Waals surface area contributed by atoms with Crippen LogP contribution in [-0.4, -0.2) is 5.11 Å². The number of hydrogen-bond donors (Lipinski definition) is 2. The SMILES string of the molecule is Cc1cc(C)cc(NC(=S)Nc2ccccc2C(F)(F)F)c1. The Hall–Kier alpha value is -2.08. The lowest BCUT2D eigenvalue weighted by molar-refractivity contribution is -0.136. The maximum absolute atomic E-state index is 12.9. The van der Waals surface area contributed by atoms with Gasteiger partial charge in [0, 0.05) is 5.69 Å². The average Bonchev–Trinajstić information content (AvgIpc) is 2.36. The fourth-order valence-corrected chi connectivity index (χ4v) is 2.40. The number of benzene rings is 2. The first-order chi connectivity index (χ1) is 10.3. The second kappa shape index (κ2) is 6.36. The van der Waals surface area contributed by atoms with E-state index in [-0.39, 0.29) is 10.8 Å². The third-order valence-electron chi connectivity index (χ3n) is 2.96. The Morgan fingerprint density at radius 1 is 0.955 bits per heavy atom. The van der Waals surface area contributed by atoms with E-state index in [1.54, 1.807) is 0 Å². The summed E-state index contributed by atoms with van der Waals surface area (Å²) < 4.78 is 38.8. The van der Waals surface area contributed by atoms with E-state index >= 15 is 0 Å². The standard InChI is InChI=1S/C16H15F3N2S/c1-10-7-11(2)9-12(8-10)20-15(22)21-14-6-4-3-5-13(14)16(17,18)19/h3-9H,1-2H3,(H2,20,21,22). The molecule has 0 saturated heterocycles. The second-order valence-corrected chi connectivity index (χ2v) is 5.41. The van der Waals surface area contributed by atoms with Crippen molar-refractivity contribution in [2.45, 2.75) is 20.0 Å². The van der Waals surface area contributed by atoms with E-state index in [0.717, 1.165) is 22.9 Å². The smallest absolute Gasteiger partial charge is 0.332 e. The fourth-order valence-electron chi connectivity index (χ4n) is 2.17. The van der Waals surface area contributed by atoms with Crippen molar-refractivity contribution in [2.24, 2.45) is 0 Å². The van der Waals surface area contributed by atoms with Crippen LogP contribution in [0.2, 0.25) is 0 Å². The molecule has 0 saturated carbocycles. The van der Waals surface area contributed by atoms with Gasteiger partial charge in [0.05, 0.1) is 11.3 Å². The summed E-state index contributed by atoms with van der Waals surface area (Å²) in [7, 11) is 0. The van der Waals surface area contributed by atoms with Crippen LogP contribution in [0.25, 0.3) is 0 Å². The molecule has 0 spiro atoms. The molecule has 22 heavy (non-hydrogen) atoms. The Kier molecular flexibility index (Phi) is 4.71. The van der Waals surface area contributed by atoms with Crippen LogP contribution in [0.15, 0.2) is 42.5 Å². The lowest BCUT2D eigenvalue weighted by Crippen LogP contribution is -2.21. The Balaban J connectivity index is 2.16. The summed E-state index contributed by atoms with van der Waals surface area (Å²) in [5.74, 6) is 0. The number of alkyl halides is 3. The number of rotatable bonds is 2. The number of anilines is 2. The number of aryl methyl sites for hydroxylation is 2.